The van der Waals surface area contributed by atoms with Crippen LogP contribution in [0.25, 0.3) is 0 Å². The Labute approximate surface area is 175 Å². The Morgan fingerprint density at radius 2 is 1.93 bits per heavy atom. The number of hydrogen-bond acceptors (Lipinski definition) is 4. The number of nitrogens with one attached hydrogen (secondary N) is 1. The van der Waals surface area contributed by atoms with Gasteiger partial charge in [-0.1, -0.05) is 40.2 Å². The quantitative estimate of drug-likeness (QED) is 0.431. The molecule has 0 aliphatic heterocycles. The molecule has 0 aliphatic rings. The molecule has 3 aromatic rings. The normalized spacial score (nSPS) is 10.5. The number of para-hydroxylation sites is 1. The lowest BCUT2D eigenvalue weighted by molar-refractivity contribution is 0.0951. The molecule has 0 bridgehead atoms. The van der Waals surface area contributed by atoms with E-state index in [1.165, 1.54) is 18.3 Å². The molecule has 0 atom stereocenters. The number of carbonyl (C=O) groups is 1. The van der Waals surface area contributed by atoms with Gasteiger partial charge in [0, 0.05) is 10.0 Å². The number of nitriles is 1. The number of hydrazone groups is 1. The van der Waals surface area contributed by atoms with Crippen molar-refractivity contribution in [2.24, 2.45) is 5.10 Å². The summed E-state index contributed by atoms with van der Waals surface area (Å²) < 4.78 is 20.7. The van der Waals surface area contributed by atoms with Crippen LogP contribution in [0.2, 0.25) is 0 Å². The molecule has 0 saturated carbocycles. The molecule has 0 saturated heterocycles. The summed E-state index contributed by atoms with van der Waals surface area (Å²) in [5.74, 6) is -0.899. The second-order valence-corrected chi connectivity index (χ2v) is 6.87. The third-order valence-corrected chi connectivity index (χ3v) is 4.47. The smallest absolute Gasteiger partial charge is 0.274 e. The first-order valence-electron chi connectivity index (χ1n) is 8.56. The molecule has 0 radical (unpaired) electrons. The zero-order valence-electron chi connectivity index (χ0n) is 15.1. The molecule has 7 heteroatoms. The molecule has 0 fully saturated rings. The average Bonchev–Trinajstić information content (AvgIpc) is 2.74. The predicted octanol–water partition coefficient (Wildman–Crippen LogP) is 4.80. The van der Waals surface area contributed by atoms with Crippen molar-refractivity contribution in [3.8, 4) is 11.8 Å². The molecular weight excluding hydrogens is 437 g/mol. The van der Waals surface area contributed by atoms with Crippen LogP contribution in [0.3, 0.4) is 0 Å². The van der Waals surface area contributed by atoms with Gasteiger partial charge in [0.2, 0.25) is 0 Å². The highest BCUT2D eigenvalue weighted by molar-refractivity contribution is 9.10. The number of rotatable bonds is 6. The van der Waals surface area contributed by atoms with Crippen LogP contribution < -0.4 is 10.2 Å². The summed E-state index contributed by atoms with van der Waals surface area (Å²) in [7, 11) is 0. The maximum absolute atomic E-state index is 13.9. The van der Waals surface area contributed by atoms with Crippen LogP contribution in [-0.4, -0.2) is 12.1 Å². The second kappa shape index (κ2) is 9.62. The Kier molecular flexibility index (Phi) is 6.72. The summed E-state index contributed by atoms with van der Waals surface area (Å²) in [5.41, 5.74) is 3.89. The topological polar surface area (TPSA) is 74.5 Å². The van der Waals surface area contributed by atoms with Crippen molar-refractivity contribution in [2.75, 3.05) is 0 Å². The van der Waals surface area contributed by atoms with Gasteiger partial charge in [-0.05, 0) is 48.0 Å². The van der Waals surface area contributed by atoms with Crippen LogP contribution in [0.15, 0.2) is 76.3 Å². The third kappa shape index (κ3) is 5.50. The highest BCUT2D eigenvalue weighted by atomic mass is 79.9. The average molecular weight is 452 g/mol. The zero-order valence-corrected chi connectivity index (χ0v) is 16.7. The summed E-state index contributed by atoms with van der Waals surface area (Å²) in [6.45, 7) is 0.376. The van der Waals surface area contributed by atoms with Crippen molar-refractivity contribution < 1.29 is 13.9 Å². The molecule has 0 heterocycles. The Hall–Kier alpha value is -3.50. The highest BCUT2D eigenvalue weighted by Crippen LogP contribution is 2.18. The minimum atomic E-state index is -0.782. The van der Waals surface area contributed by atoms with Gasteiger partial charge in [0.15, 0.2) is 0 Å². The molecule has 0 aromatic heterocycles. The van der Waals surface area contributed by atoms with E-state index in [1.54, 1.807) is 12.1 Å². The van der Waals surface area contributed by atoms with Gasteiger partial charge < -0.3 is 4.74 Å². The number of nitrogens with zero attached hydrogens (tertiary/aromatic N) is 2. The minimum Gasteiger partial charge on any atom is -0.488 e. The van der Waals surface area contributed by atoms with Crippen molar-refractivity contribution >= 4 is 28.1 Å². The molecule has 5 nitrogen and oxygen atoms in total. The van der Waals surface area contributed by atoms with Crippen molar-refractivity contribution in [2.45, 2.75) is 6.61 Å². The standard InChI is InChI=1S/C22H15BrFN3O2/c23-18-8-5-15(6-9-18)14-29-21-4-2-1-3-17(21)13-26-27-22(28)19-10-7-16(12-25)11-20(19)24/h1-11,13H,14H2,(H,27,28)/b26-13-. The van der Waals surface area contributed by atoms with Crippen molar-refractivity contribution in [1.29, 1.82) is 5.26 Å². The molecule has 3 rings (SSSR count). The van der Waals surface area contributed by atoms with Crippen molar-refractivity contribution in [3.63, 3.8) is 0 Å². The first kappa shape index (κ1) is 20.2. The fraction of sp³-hybridized carbons (Fsp3) is 0.0455. The van der Waals surface area contributed by atoms with E-state index in [0.717, 1.165) is 16.1 Å². The molecule has 29 heavy (non-hydrogen) atoms. The Morgan fingerprint density at radius 3 is 2.66 bits per heavy atom. The fourth-order valence-corrected chi connectivity index (χ4v) is 2.71. The summed E-state index contributed by atoms with van der Waals surface area (Å²) >= 11 is 3.39. The van der Waals surface area contributed by atoms with E-state index in [0.29, 0.717) is 17.9 Å². The van der Waals surface area contributed by atoms with E-state index >= 15 is 0 Å². The van der Waals surface area contributed by atoms with E-state index in [4.69, 9.17) is 10.00 Å². The van der Waals surface area contributed by atoms with Crippen LogP contribution in [-0.2, 0) is 6.61 Å². The number of benzene rings is 3. The van der Waals surface area contributed by atoms with Crippen LogP contribution in [0, 0.1) is 17.1 Å². The summed E-state index contributed by atoms with van der Waals surface area (Å²) in [6.07, 6.45) is 1.43. The lowest BCUT2D eigenvalue weighted by atomic mass is 10.1. The van der Waals surface area contributed by atoms with E-state index in [1.807, 2.05) is 42.5 Å². The van der Waals surface area contributed by atoms with Gasteiger partial charge >= 0.3 is 0 Å². The van der Waals surface area contributed by atoms with Crippen LogP contribution >= 0.6 is 15.9 Å². The molecule has 1 amide bonds. The Bertz CT molecular complexity index is 1090. The Balaban J connectivity index is 1.65. The highest BCUT2D eigenvalue weighted by Gasteiger charge is 2.11. The largest absolute Gasteiger partial charge is 0.488 e. The zero-order chi connectivity index (χ0) is 20.6. The van der Waals surface area contributed by atoms with Gasteiger partial charge in [-0.3, -0.25) is 4.79 Å². The lowest BCUT2D eigenvalue weighted by Crippen LogP contribution is -2.19. The molecule has 3 aromatic carbocycles. The molecule has 0 unspecified atom stereocenters. The molecule has 0 aliphatic carbocycles. The van der Waals surface area contributed by atoms with Crippen molar-refractivity contribution in [1.82, 2.24) is 5.43 Å². The van der Waals surface area contributed by atoms with Crippen LogP contribution in [0.5, 0.6) is 5.75 Å². The number of amides is 1. The monoisotopic (exact) mass is 451 g/mol. The van der Waals surface area contributed by atoms with Gasteiger partial charge in [-0.15, -0.1) is 0 Å². The van der Waals surface area contributed by atoms with E-state index in [-0.39, 0.29) is 11.1 Å². The fourth-order valence-electron chi connectivity index (χ4n) is 2.45. The number of halogens is 2. The lowest BCUT2D eigenvalue weighted by Gasteiger charge is -2.09. The van der Waals surface area contributed by atoms with Gasteiger partial charge in [-0.2, -0.15) is 10.4 Å². The number of hydrogen-bond donors (Lipinski definition) is 1. The second-order valence-electron chi connectivity index (χ2n) is 5.96. The first-order valence-corrected chi connectivity index (χ1v) is 9.35. The molecule has 144 valence electrons. The molecule has 0 spiro atoms. The Morgan fingerprint density at radius 1 is 1.17 bits per heavy atom. The summed E-state index contributed by atoms with van der Waals surface area (Å²) in [5, 5.41) is 12.6. The van der Waals surface area contributed by atoms with E-state index in [9.17, 15) is 9.18 Å². The van der Waals surface area contributed by atoms with Gasteiger partial charge in [-0.25, -0.2) is 9.82 Å². The maximum atomic E-state index is 13.9. The van der Waals surface area contributed by atoms with Gasteiger partial charge in [0.05, 0.1) is 23.4 Å². The minimum absolute atomic E-state index is 0.138. The predicted molar refractivity (Wildman–Crippen MR) is 111 cm³/mol. The number of ether oxygens (including phenoxy) is 1. The van der Waals surface area contributed by atoms with Crippen molar-refractivity contribution in [3.05, 3.63) is 99.3 Å². The maximum Gasteiger partial charge on any atom is 0.274 e. The van der Waals surface area contributed by atoms with E-state index in [2.05, 4.69) is 26.5 Å². The van der Waals surface area contributed by atoms with Gasteiger partial charge in [0.25, 0.3) is 5.91 Å². The molecule has 1 N–H and O–H groups in total. The summed E-state index contributed by atoms with van der Waals surface area (Å²) in [4.78, 5) is 12.1. The van der Waals surface area contributed by atoms with Crippen LogP contribution in [0.4, 0.5) is 4.39 Å². The van der Waals surface area contributed by atoms with Crippen LogP contribution in [0.1, 0.15) is 27.0 Å². The SMILES string of the molecule is N#Cc1ccc(C(=O)N/N=C\c2ccccc2OCc2ccc(Br)cc2)c(F)c1. The molecular formula is C22H15BrFN3O2. The summed E-state index contributed by atoms with van der Waals surface area (Å²) in [6, 6.07) is 20.4. The number of carbonyl (C=O) groups excluding carboxylic acids is 1. The third-order valence-electron chi connectivity index (χ3n) is 3.94. The van der Waals surface area contributed by atoms with Gasteiger partial charge in [0.1, 0.15) is 18.2 Å². The van der Waals surface area contributed by atoms with E-state index < -0.39 is 11.7 Å². The first-order chi connectivity index (χ1) is 14.1.